The molecule has 3 aromatic carbocycles. The average molecular weight is 346 g/mol. The number of carbonyl (C=O) groups is 1. The van der Waals surface area contributed by atoms with Gasteiger partial charge in [0.2, 0.25) is 0 Å². The standard InChI is InChI=1S/C21H18N2O3/c24-21-22-14-18(23-21)15-11-12-19(25-16-7-3-1-4-8-16)20(13-15)26-17-9-5-2-6-10-17/h1-13,18H,14H2,(H2,22,23,24)/t18-/m0/s1. The van der Waals surface area contributed by atoms with E-state index < -0.39 is 0 Å². The monoisotopic (exact) mass is 346 g/mol. The van der Waals surface area contributed by atoms with Crippen LogP contribution in [-0.2, 0) is 0 Å². The summed E-state index contributed by atoms with van der Waals surface area (Å²) in [5.74, 6) is 2.66. The van der Waals surface area contributed by atoms with E-state index >= 15 is 0 Å². The van der Waals surface area contributed by atoms with Gasteiger partial charge in [-0.05, 0) is 42.0 Å². The fourth-order valence-corrected chi connectivity index (χ4v) is 2.79. The van der Waals surface area contributed by atoms with Crippen molar-refractivity contribution < 1.29 is 14.3 Å². The Morgan fingerprint density at radius 2 is 1.38 bits per heavy atom. The van der Waals surface area contributed by atoms with Crippen molar-refractivity contribution in [2.24, 2.45) is 0 Å². The number of ether oxygens (including phenoxy) is 2. The first-order valence-corrected chi connectivity index (χ1v) is 8.42. The second-order valence-electron chi connectivity index (χ2n) is 5.94. The Labute approximate surface area is 151 Å². The Morgan fingerprint density at radius 3 is 1.96 bits per heavy atom. The Morgan fingerprint density at radius 1 is 0.769 bits per heavy atom. The second-order valence-corrected chi connectivity index (χ2v) is 5.94. The van der Waals surface area contributed by atoms with Crippen LogP contribution in [0.25, 0.3) is 0 Å². The number of carbonyl (C=O) groups excluding carboxylic acids is 1. The summed E-state index contributed by atoms with van der Waals surface area (Å²) in [5.41, 5.74) is 0.953. The topological polar surface area (TPSA) is 59.6 Å². The van der Waals surface area contributed by atoms with Crippen LogP contribution >= 0.6 is 0 Å². The first-order valence-electron chi connectivity index (χ1n) is 8.42. The van der Waals surface area contributed by atoms with Gasteiger partial charge in [0.15, 0.2) is 11.5 Å². The summed E-state index contributed by atoms with van der Waals surface area (Å²) in [7, 11) is 0. The Balaban J connectivity index is 1.66. The highest BCUT2D eigenvalue weighted by molar-refractivity contribution is 5.77. The van der Waals surface area contributed by atoms with Gasteiger partial charge in [0.25, 0.3) is 0 Å². The highest BCUT2D eigenvalue weighted by Crippen LogP contribution is 2.37. The van der Waals surface area contributed by atoms with Gasteiger partial charge in [0, 0.05) is 6.54 Å². The minimum absolute atomic E-state index is 0.0913. The molecule has 0 saturated carbocycles. The smallest absolute Gasteiger partial charge is 0.315 e. The minimum Gasteiger partial charge on any atom is -0.453 e. The third-order valence-electron chi connectivity index (χ3n) is 4.08. The van der Waals surface area contributed by atoms with Crippen LogP contribution in [0.2, 0.25) is 0 Å². The zero-order valence-corrected chi connectivity index (χ0v) is 14.0. The summed E-state index contributed by atoms with van der Waals surface area (Å²) >= 11 is 0. The summed E-state index contributed by atoms with van der Waals surface area (Å²) in [6, 6.07) is 24.5. The summed E-state index contributed by atoms with van der Waals surface area (Å²) in [5, 5.41) is 5.65. The molecule has 5 nitrogen and oxygen atoms in total. The molecule has 5 heteroatoms. The predicted octanol–water partition coefficient (Wildman–Crippen LogP) is 4.63. The van der Waals surface area contributed by atoms with Gasteiger partial charge in [-0.1, -0.05) is 42.5 Å². The van der Waals surface area contributed by atoms with Crippen molar-refractivity contribution in [3.8, 4) is 23.0 Å². The lowest BCUT2D eigenvalue weighted by Gasteiger charge is -2.16. The molecule has 1 aliphatic rings. The van der Waals surface area contributed by atoms with E-state index in [1.807, 2.05) is 78.9 Å². The molecule has 4 rings (SSSR count). The fraction of sp³-hybridized carbons (Fsp3) is 0.0952. The van der Waals surface area contributed by atoms with Crippen molar-refractivity contribution in [3.63, 3.8) is 0 Å². The van der Waals surface area contributed by atoms with Gasteiger partial charge in [0.1, 0.15) is 11.5 Å². The molecule has 1 aliphatic heterocycles. The molecule has 0 bridgehead atoms. The third kappa shape index (κ3) is 3.62. The van der Waals surface area contributed by atoms with Crippen molar-refractivity contribution >= 4 is 6.03 Å². The van der Waals surface area contributed by atoms with E-state index in [2.05, 4.69) is 10.6 Å². The molecule has 0 aromatic heterocycles. The highest BCUT2D eigenvalue weighted by atomic mass is 16.5. The van der Waals surface area contributed by atoms with Crippen LogP contribution in [0.5, 0.6) is 23.0 Å². The molecule has 130 valence electrons. The molecular weight excluding hydrogens is 328 g/mol. The van der Waals surface area contributed by atoms with E-state index in [0.717, 1.165) is 17.1 Å². The number of hydrogen-bond acceptors (Lipinski definition) is 3. The minimum atomic E-state index is -0.162. The molecule has 1 heterocycles. The summed E-state index contributed by atoms with van der Waals surface area (Å²) in [6.45, 7) is 0.544. The maximum Gasteiger partial charge on any atom is 0.315 e. The van der Waals surface area contributed by atoms with Crippen molar-refractivity contribution in [3.05, 3.63) is 84.4 Å². The van der Waals surface area contributed by atoms with Crippen LogP contribution in [0.4, 0.5) is 4.79 Å². The highest BCUT2D eigenvalue weighted by Gasteiger charge is 2.23. The molecule has 0 aliphatic carbocycles. The van der Waals surface area contributed by atoms with Gasteiger partial charge in [-0.3, -0.25) is 0 Å². The van der Waals surface area contributed by atoms with Crippen LogP contribution < -0.4 is 20.1 Å². The third-order valence-corrected chi connectivity index (χ3v) is 4.08. The maximum absolute atomic E-state index is 11.4. The molecule has 2 N–H and O–H groups in total. The van der Waals surface area contributed by atoms with E-state index in [9.17, 15) is 4.79 Å². The summed E-state index contributed by atoms with van der Waals surface area (Å²) in [4.78, 5) is 11.4. The zero-order valence-electron chi connectivity index (χ0n) is 14.0. The van der Waals surface area contributed by atoms with Gasteiger partial charge >= 0.3 is 6.03 Å². The maximum atomic E-state index is 11.4. The second kappa shape index (κ2) is 7.19. The molecule has 3 aromatic rings. The number of urea groups is 1. The van der Waals surface area contributed by atoms with Gasteiger partial charge in [-0.2, -0.15) is 0 Å². The molecule has 0 spiro atoms. The lowest BCUT2D eigenvalue weighted by Crippen LogP contribution is -2.21. The lowest BCUT2D eigenvalue weighted by atomic mass is 10.1. The number of rotatable bonds is 5. The Kier molecular flexibility index (Phi) is 4.43. The first kappa shape index (κ1) is 16.0. The largest absolute Gasteiger partial charge is 0.453 e. The van der Waals surface area contributed by atoms with Crippen LogP contribution in [0, 0.1) is 0 Å². The predicted molar refractivity (Wildman–Crippen MR) is 98.7 cm³/mol. The number of nitrogens with one attached hydrogen (secondary N) is 2. The SMILES string of the molecule is O=C1NC[C@@H](c2ccc(Oc3ccccc3)c(Oc3ccccc3)c2)N1. The summed E-state index contributed by atoms with van der Waals surface area (Å²) in [6.07, 6.45) is 0. The van der Waals surface area contributed by atoms with Gasteiger partial charge in [0.05, 0.1) is 6.04 Å². The summed E-state index contributed by atoms with van der Waals surface area (Å²) < 4.78 is 12.0. The van der Waals surface area contributed by atoms with E-state index in [4.69, 9.17) is 9.47 Å². The number of para-hydroxylation sites is 2. The normalized spacial score (nSPS) is 15.8. The molecule has 1 atom stereocenters. The molecule has 0 unspecified atom stereocenters. The van der Waals surface area contributed by atoms with Crippen molar-refractivity contribution in [2.45, 2.75) is 6.04 Å². The zero-order chi connectivity index (χ0) is 17.8. The number of hydrogen-bond donors (Lipinski definition) is 2. The van der Waals surface area contributed by atoms with Gasteiger partial charge in [-0.15, -0.1) is 0 Å². The fourth-order valence-electron chi connectivity index (χ4n) is 2.79. The molecule has 1 fully saturated rings. The van der Waals surface area contributed by atoms with Crippen LogP contribution in [0.1, 0.15) is 11.6 Å². The van der Waals surface area contributed by atoms with Crippen LogP contribution in [-0.4, -0.2) is 12.6 Å². The lowest BCUT2D eigenvalue weighted by molar-refractivity contribution is 0.247. The van der Waals surface area contributed by atoms with Crippen molar-refractivity contribution in [1.29, 1.82) is 0 Å². The van der Waals surface area contributed by atoms with E-state index in [0.29, 0.717) is 18.0 Å². The van der Waals surface area contributed by atoms with Crippen molar-refractivity contribution in [1.82, 2.24) is 10.6 Å². The van der Waals surface area contributed by atoms with E-state index in [1.165, 1.54) is 0 Å². The average Bonchev–Trinajstić information content (AvgIpc) is 3.11. The number of benzene rings is 3. The van der Waals surface area contributed by atoms with Gasteiger partial charge in [-0.25, -0.2) is 4.79 Å². The first-order chi connectivity index (χ1) is 12.8. The quantitative estimate of drug-likeness (QED) is 0.708. The molecule has 1 saturated heterocycles. The van der Waals surface area contributed by atoms with Crippen LogP contribution in [0.15, 0.2) is 78.9 Å². The van der Waals surface area contributed by atoms with E-state index in [1.54, 1.807) is 0 Å². The molecule has 0 radical (unpaired) electrons. The van der Waals surface area contributed by atoms with Crippen molar-refractivity contribution in [2.75, 3.05) is 6.54 Å². The van der Waals surface area contributed by atoms with Crippen LogP contribution in [0.3, 0.4) is 0 Å². The molecule has 26 heavy (non-hydrogen) atoms. The number of amides is 2. The Hall–Kier alpha value is -3.47. The van der Waals surface area contributed by atoms with E-state index in [-0.39, 0.29) is 12.1 Å². The Bertz CT molecular complexity index is 898. The van der Waals surface area contributed by atoms with Gasteiger partial charge < -0.3 is 20.1 Å². The molecular formula is C21H18N2O3. The molecule has 2 amide bonds.